The molecule has 0 radical (unpaired) electrons. The van der Waals surface area contributed by atoms with Gasteiger partial charge in [-0.1, -0.05) is 43.1 Å². The minimum Gasteiger partial charge on any atom is -0.392 e. The first-order chi connectivity index (χ1) is 12.2. The van der Waals surface area contributed by atoms with E-state index < -0.39 is 0 Å². The fourth-order valence-corrected chi connectivity index (χ4v) is 5.41. The summed E-state index contributed by atoms with van der Waals surface area (Å²) in [4.78, 5) is 0. The molecule has 3 rings (SSSR count). The Kier molecular flexibility index (Phi) is 7.15. The molecule has 0 aromatic heterocycles. The molecule has 5 atom stereocenters. The number of aliphatic hydroxyl groups is 2. The van der Waals surface area contributed by atoms with E-state index in [0.29, 0.717) is 17.8 Å². The Bertz CT molecular complexity index is 467. The maximum atomic E-state index is 10.5. The van der Waals surface area contributed by atoms with Gasteiger partial charge in [-0.05, 0) is 75.7 Å². The predicted octanol–water partition coefficient (Wildman–Crippen LogP) is 3.95. The zero-order valence-corrected chi connectivity index (χ0v) is 15.7. The standard InChI is InChI=1S/C22H37NO2/c23-12-6-2-1-3-7-16-13-18-15-22(25)19(20(18)14-16)10-11-21(24)17-8-4-5-9-17/h7,10-11,17-22,24-25H,1-6,8-9,12-15,23H2/b11-10+,16-7?/t18-,19+,20-,21-,22+/m0/s1. The predicted molar refractivity (Wildman–Crippen MR) is 103 cm³/mol. The van der Waals surface area contributed by atoms with E-state index >= 15 is 0 Å². The highest BCUT2D eigenvalue weighted by atomic mass is 16.3. The SMILES string of the molecule is NCCCCCC=C1C[C@H]2C[C@@H](O)[C@H](/C=C/[C@H](O)C3CCCC3)[C@H]2C1. The third-order valence-corrected chi connectivity index (χ3v) is 6.87. The van der Waals surface area contributed by atoms with Gasteiger partial charge in [0, 0.05) is 5.92 Å². The van der Waals surface area contributed by atoms with Crippen LogP contribution in [-0.4, -0.2) is 29.0 Å². The summed E-state index contributed by atoms with van der Waals surface area (Å²) in [5, 5.41) is 20.9. The number of unbranched alkanes of at least 4 members (excludes halogenated alkanes) is 3. The van der Waals surface area contributed by atoms with Crippen molar-refractivity contribution < 1.29 is 10.2 Å². The molecule has 142 valence electrons. The summed E-state index contributed by atoms with van der Waals surface area (Å²) in [5.74, 6) is 1.91. The molecule has 0 unspecified atom stereocenters. The fourth-order valence-electron chi connectivity index (χ4n) is 5.41. The van der Waals surface area contributed by atoms with E-state index in [1.165, 1.54) is 38.5 Å². The van der Waals surface area contributed by atoms with Gasteiger partial charge in [-0.2, -0.15) is 0 Å². The number of hydrogen-bond donors (Lipinski definition) is 3. The zero-order chi connectivity index (χ0) is 17.6. The van der Waals surface area contributed by atoms with Crippen LogP contribution in [-0.2, 0) is 0 Å². The molecule has 3 fully saturated rings. The van der Waals surface area contributed by atoms with Crippen LogP contribution in [0.25, 0.3) is 0 Å². The van der Waals surface area contributed by atoms with Crippen LogP contribution in [0.3, 0.4) is 0 Å². The highest BCUT2D eigenvalue weighted by Crippen LogP contribution is 2.50. The summed E-state index contributed by atoms with van der Waals surface area (Å²) in [7, 11) is 0. The van der Waals surface area contributed by atoms with Gasteiger partial charge in [0.15, 0.2) is 0 Å². The van der Waals surface area contributed by atoms with E-state index in [9.17, 15) is 10.2 Å². The Morgan fingerprint density at radius 1 is 1.12 bits per heavy atom. The Morgan fingerprint density at radius 2 is 1.92 bits per heavy atom. The van der Waals surface area contributed by atoms with Gasteiger partial charge in [0.25, 0.3) is 0 Å². The average molecular weight is 348 g/mol. The second kappa shape index (κ2) is 9.34. The molecule has 4 N–H and O–H groups in total. The van der Waals surface area contributed by atoms with Gasteiger partial charge in [-0.15, -0.1) is 0 Å². The largest absolute Gasteiger partial charge is 0.392 e. The van der Waals surface area contributed by atoms with Gasteiger partial charge in [0.2, 0.25) is 0 Å². The molecular weight excluding hydrogens is 310 g/mol. The molecule has 0 aromatic rings. The lowest BCUT2D eigenvalue weighted by Gasteiger charge is -2.19. The average Bonchev–Trinajstić information content (AvgIpc) is 3.30. The lowest BCUT2D eigenvalue weighted by molar-refractivity contribution is 0.135. The van der Waals surface area contributed by atoms with E-state index in [1.54, 1.807) is 5.57 Å². The number of allylic oxidation sites excluding steroid dienone is 2. The van der Waals surface area contributed by atoms with Crippen molar-refractivity contribution in [1.29, 1.82) is 0 Å². The molecule has 3 nitrogen and oxygen atoms in total. The Morgan fingerprint density at radius 3 is 2.68 bits per heavy atom. The molecule has 3 aliphatic carbocycles. The van der Waals surface area contributed by atoms with Crippen molar-refractivity contribution in [1.82, 2.24) is 0 Å². The van der Waals surface area contributed by atoms with E-state index in [4.69, 9.17) is 5.73 Å². The Labute approximate surface area is 153 Å². The number of aliphatic hydroxyl groups excluding tert-OH is 2. The van der Waals surface area contributed by atoms with Crippen molar-refractivity contribution in [2.45, 2.75) is 82.8 Å². The van der Waals surface area contributed by atoms with Crippen LogP contribution in [0, 0.1) is 23.7 Å². The number of hydrogen-bond acceptors (Lipinski definition) is 3. The molecule has 0 heterocycles. The van der Waals surface area contributed by atoms with Crippen LogP contribution in [0.4, 0.5) is 0 Å². The number of fused-ring (bicyclic) bond motifs is 1. The van der Waals surface area contributed by atoms with Crippen molar-refractivity contribution in [3.05, 3.63) is 23.8 Å². The first kappa shape index (κ1) is 19.1. The summed E-state index contributed by atoms with van der Waals surface area (Å²) < 4.78 is 0. The highest BCUT2D eigenvalue weighted by Gasteiger charge is 2.45. The summed E-state index contributed by atoms with van der Waals surface area (Å²) >= 11 is 0. The monoisotopic (exact) mass is 347 g/mol. The lowest BCUT2D eigenvalue weighted by atomic mass is 9.89. The fraction of sp³-hybridized carbons (Fsp3) is 0.818. The molecule has 0 amide bonds. The van der Waals surface area contributed by atoms with E-state index in [0.717, 1.165) is 38.6 Å². The third kappa shape index (κ3) is 4.96. The van der Waals surface area contributed by atoms with Crippen molar-refractivity contribution in [2.75, 3.05) is 6.54 Å². The minimum atomic E-state index is -0.312. The van der Waals surface area contributed by atoms with Gasteiger partial charge < -0.3 is 15.9 Å². The number of nitrogens with two attached hydrogens (primary N) is 1. The molecule has 0 bridgehead atoms. The quantitative estimate of drug-likeness (QED) is 0.460. The molecule has 3 saturated carbocycles. The molecule has 0 saturated heterocycles. The van der Waals surface area contributed by atoms with Crippen molar-refractivity contribution in [3.63, 3.8) is 0 Å². The van der Waals surface area contributed by atoms with Gasteiger partial charge in [0.05, 0.1) is 12.2 Å². The summed E-state index contributed by atoms with van der Waals surface area (Å²) in [5.41, 5.74) is 7.15. The van der Waals surface area contributed by atoms with Crippen LogP contribution >= 0.6 is 0 Å². The van der Waals surface area contributed by atoms with E-state index in [-0.39, 0.29) is 18.1 Å². The highest BCUT2D eigenvalue weighted by molar-refractivity contribution is 5.18. The molecule has 3 heteroatoms. The molecule has 0 spiro atoms. The maximum Gasteiger partial charge on any atom is 0.0749 e. The zero-order valence-electron chi connectivity index (χ0n) is 15.7. The smallest absolute Gasteiger partial charge is 0.0749 e. The van der Waals surface area contributed by atoms with Crippen LogP contribution in [0.5, 0.6) is 0 Å². The summed E-state index contributed by atoms with van der Waals surface area (Å²) in [6.45, 7) is 0.805. The van der Waals surface area contributed by atoms with Crippen LogP contribution in [0.1, 0.15) is 70.6 Å². The second-order valence-electron chi connectivity index (χ2n) is 8.63. The third-order valence-electron chi connectivity index (χ3n) is 6.87. The van der Waals surface area contributed by atoms with Crippen molar-refractivity contribution in [2.24, 2.45) is 29.4 Å². The normalized spacial score (nSPS) is 35.9. The van der Waals surface area contributed by atoms with Gasteiger partial charge in [-0.3, -0.25) is 0 Å². The molecule has 0 aromatic carbocycles. The van der Waals surface area contributed by atoms with Gasteiger partial charge in [-0.25, -0.2) is 0 Å². The lowest BCUT2D eigenvalue weighted by Crippen LogP contribution is -2.19. The van der Waals surface area contributed by atoms with E-state index in [1.807, 2.05) is 6.08 Å². The van der Waals surface area contributed by atoms with Crippen LogP contribution in [0.15, 0.2) is 23.8 Å². The first-order valence-electron chi connectivity index (χ1n) is 10.6. The topological polar surface area (TPSA) is 66.5 Å². The number of rotatable bonds is 8. The van der Waals surface area contributed by atoms with Crippen LogP contribution < -0.4 is 5.73 Å². The molecular formula is C22H37NO2. The molecule has 25 heavy (non-hydrogen) atoms. The Hall–Kier alpha value is -0.640. The summed E-state index contributed by atoms with van der Waals surface area (Å²) in [6, 6.07) is 0. The van der Waals surface area contributed by atoms with Crippen molar-refractivity contribution in [3.8, 4) is 0 Å². The minimum absolute atomic E-state index is 0.215. The Balaban J connectivity index is 1.50. The van der Waals surface area contributed by atoms with Gasteiger partial charge in [0.1, 0.15) is 0 Å². The van der Waals surface area contributed by atoms with Crippen LogP contribution in [0.2, 0.25) is 0 Å². The first-order valence-corrected chi connectivity index (χ1v) is 10.6. The van der Waals surface area contributed by atoms with Gasteiger partial charge >= 0.3 is 0 Å². The van der Waals surface area contributed by atoms with Crippen molar-refractivity contribution >= 4 is 0 Å². The molecule has 0 aliphatic heterocycles. The second-order valence-corrected chi connectivity index (χ2v) is 8.63. The summed E-state index contributed by atoms with van der Waals surface area (Å²) in [6.07, 6.45) is 19.0. The maximum absolute atomic E-state index is 10.5. The molecule has 3 aliphatic rings. The van der Waals surface area contributed by atoms with E-state index in [2.05, 4.69) is 12.2 Å².